The van der Waals surface area contributed by atoms with Gasteiger partial charge in [0.05, 0.1) is 6.04 Å². The van der Waals surface area contributed by atoms with Crippen LogP contribution < -0.4 is 0 Å². The van der Waals surface area contributed by atoms with Gasteiger partial charge in [0.2, 0.25) is 0 Å². The van der Waals surface area contributed by atoms with Crippen molar-refractivity contribution < 1.29 is 9.90 Å². The number of phenols is 1. The molecule has 0 radical (unpaired) electrons. The van der Waals surface area contributed by atoms with E-state index in [2.05, 4.69) is 10.2 Å². The molecular weight excluding hydrogens is 374 g/mol. The van der Waals surface area contributed by atoms with E-state index in [-0.39, 0.29) is 17.7 Å². The van der Waals surface area contributed by atoms with E-state index in [1.807, 2.05) is 62.1 Å². The van der Waals surface area contributed by atoms with Gasteiger partial charge in [0, 0.05) is 22.7 Å². The number of nitrogens with one attached hydrogen (secondary N) is 1. The van der Waals surface area contributed by atoms with E-state index in [1.165, 1.54) is 0 Å². The number of aryl methyl sites for hydroxylation is 2. The van der Waals surface area contributed by atoms with Crippen molar-refractivity contribution in [1.82, 2.24) is 15.1 Å². The number of phenolic OH excluding ortho intramolecular Hbond substituents is 1. The number of H-pyrrole nitrogens is 1. The lowest BCUT2D eigenvalue weighted by Crippen LogP contribution is -2.30. The van der Waals surface area contributed by atoms with E-state index in [9.17, 15) is 9.90 Å². The molecule has 1 amide bonds. The molecule has 1 atom stereocenters. The summed E-state index contributed by atoms with van der Waals surface area (Å²) >= 11 is 6.07. The first-order valence-corrected chi connectivity index (χ1v) is 9.75. The highest BCUT2D eigenvalue weighted by atomic mass is 35.5. The number of hydrogen-bond donors (Lipinski definition) is 2. The normalized spacial score (nSPS) is 15.9. The maximum absolute atomic E-state index is 13.1. The Balaban J connectivity index is 1.94. The molecule has 6 heteroatoms. The lowest BCUT2D eigenvalue weighted by atomic mass is 9.94. The summed E-state index contributed by atoms with van der Waals surface area (Å²) in [6, 6.07) is 11.1. The number of halogens is 1. The van der Waals surface area contributed by atoms with Crippen LogP contribution in [0.4, 0.5) is 0 Å². The van der Waals surface area contributed by atoms with Crippen molar-refractivity contribution in [3.63, 3.8) is 0 Å². The molecule has 2 N–H and O–H groups in total. The summed E-state index contributed by atoms with van der Waals surface area (Å²) < 4.78 is 0. The van der Waals surface area contributed by atoms with Crippen LogP contribution in [-0.4, -0.2) is 32.7 Å². The number of aromatic hydroxyl groups is 1. The van der Waals surface area contributed by atoms with Crippen LogP contribution in [-0.2, 0) is 0 Å². The van der Waals surface area contributed by atoms with Gasteiger partial charge < -0.3 is 10.0 Å². The topological polar surface area (TPSA) is 69.2 Å². The Kier molecular flexibility index (Phi) is 4.63. The monoisotopic (exact) mass is 395 g/mol. The van der Waals surface area contributed by atoms with Gasteiger partial charge in [0.25, 0.3) is 5.91 Å². The fourth-order valence-corrected chi connectivity index (χ4v) is 4.13. The molecule has 1 aromatic heterocycles. The second-order valence-electron chi connectivity index (χ2n) is 7.29. The molecule has 3 aromatic rings. The highest BCUT2D eigenvalue weighted by Crippen LogP contribution is 2.45. The summed E-state index contributed by atoms with van der Waals surface area (Å²) in [5.41, 5.74) is 5.33. The molecule has 2 heterocycles. The van der Waals surface area contributed by atoms with Crippen molar-refractivity contribution >= 4 is 17.5 Å². The summed E-state index contributed by atoms with van der Waals surface area (Å²) in [5.74, 6) is 0.121. The molecule has 0 fully saturated rings. The van der Waals surface area contributed by atoms with Crippen LogP contribution in [0.15, 0.2) is 36.4 Å². The van der Waals surface area contributed by atoms with Crippen LogP contribution in [0.3, 0.4) is 0 Å². The number of benzene rings is 2. The number of fused-ring (bicyclic) bond motifs is 1. The Labute approximate surface area is 169 Å². The Morgan fingerprint density at radius 1 is 1.21 bits per heavy atom. The molecule has 1 aliphatic heterocycles. The predicted octanol–water partition coefficient (Wildman–Crippen LogP) is 5.01. The van der Waals surface area contributed by atoms with Gasteiger partial charge in [-0.15, -0.1) is 0 Å². The summed E-state index contributed by atoms with van der Waals surface area (Å²) in [6.07, 6.45) is 0.845. The highest BCUT2D eigenvalue weighted by Gasteiger charge is 2.42. The third-order valence-corrected chi connectivity index (χ3v) is 5.47. The van der Waals surface area contributed by atoms with E-state index in [4.69, 9.17) is 11.6 Å². The van der Waals surface area contributed by atoms with E-state index >= 15 is 0 Å². The molecular formula is C22H22ClN3O2. The maximum atomic E-state index is 13.1. The third-order valence-electron chi connectivity index (χ3n) is 5.21. The zero-order valence-electron chi connectivity index (χ0n) is 16.1. The number of rotatable bonds is 4. The van der Waals surface area contributed by atoms with Crippen molar-refractivity contribution in [2.75, 3.05) is 6.54 Å². The lowest BCUT2D eigenvalue weighted by Gasteiger charge is -2.26. The summed E-state index contributed by atoms with van der Waals surface area (Å²) in [5, 5.41) is 18.7. The fourth-order valence-electron chi connectivity index (χ4n) is 4.01. The minimum absolute atomic E-state index is 0.0700. The number of aromatic amines is 1. The minimum Gasteiger partial charge on any atom is -0.507 e. The number of carbonyl (C=O) groups is 1. The summed E-state index contributed by atoms with van der Waals surface area (Å²) in [4.78, 5) is 14.9. The zero-order valence-corrected chi connectivity index (χ0v) is 16.8. The van der Waals surface area contributed by atoms with Crippen molar-refractivity contribution in [2.24, 2.45) is 0 Å². The van der Waals surface area contributed by atoms with Crippen molar-refractivity contribution in [3.05, 3.63) is 69.4 Å². The quantitative estimate of drug-likeness (QED) is 0.652. The number of nitrogens with zero attached hydrogens (tertiary/aromatic N) is 2. The fraction of sp³-hybridized carbons (Fsp3) is 0.273. The van der Waals surface area contributed by atoms with Crippen LogP contribution in [0.2, 0.25) is 5.02 Å². The zero-order chi connectivity index (χ0) is 20.0. The van der Waals surface area contributed by atoms with Crippen LogP contribution in [0.1, 0.15) is 52.1 Å². The number of carbonyl (C=O) groups excluding carboxylic acids is 1. The average molecular weight is 396 g/mol. The first-order valence-electron chi connectivity index (χ1n) is 9.37. The van der Waals surface area contributed by atoms with Gasteiger partial charge in [-0.25, -0.2) is 0 Å². The SMILES string of the molecule is CCCN1C(=O)c2[nH]nc(-c3cc(C)cc(C)c3O)c2C1c1ccc(Cl)cc1. The molecule has 4 rings (SSSR count). The standard InChI is InChI=1S/C22H22ClN3O2/c1-4-9-26-20(14-5-7-15(23)8-6-14)17-18(24-25-19(17)22(26)28)16-11-12(2)10-13(3)21(16)27/h5-8,10-11,20,27H,4,9H2,1-3H3,(H,24,25). The Morgan fingerprint density at radius 3 is 2.61 bits per heavy atom. The van der Waals surface area contributed by atoms with E-state index in [0.29, 0.717) is 28.5 Å². The minimum atomic E-state index is -0.270. The van der Waals surface area contributed by atoms with Crippen molar-refractivity contribution in [3.8, 4) is 17.0 Å². The Bertz CT molecular complexity index is 1060. The van der Waals surface area contributed by atoms with E-state index in [0.717, 1.165) is 28.7 Å². The van der Waals surface area contributed by atoms with Crippen molar-refractivity contribution in [2.45, 2.75) is 33.2 Å². The molecule has 0 spiro atoms. The number of hydrogen-bond acceptors (Lipinski definition) is 3. The van der Waals surface area contributed by atoms with Crippen molar-refractivity contribution in [1.29, 1.82) is 0 Å². The number of amides is 1. The van der Waals surface area contributed by atoms with Gasteiger partial charge in [-0.05, 0) is 55.2 Å². The van der Waals surface area contributed by atoms with Gasteiger partial charge in [-0.1, -0.05) is 36.7 Å². The van der Waals surface area contributed by atoms with Crippen LogP contribution in [0.5, 0.6) is 5.75 Å². The molecule has 144 valence electrons. The van der Waals surface area contributed by atoms with Gasteiger partial charge in [-0.3, -0.25) is 9.89 Å². The summed E-state index contributed by atoms with van der Waals surface area (Å²) in [7, 11) is 0. The van der Waals surface area contributed by atoms with E-state index < -0.39 is 0 Å². The summed E-state index contributed by atoms with van der Waals surface area (Å²) in [6.45, 7) is 6.53. The highest BCUT2D eigenvalue weighted by molar-refractivity contribution is 6.30. The smallest absolute Gasteiger partial charge is 0.273 e. The average Bonchev–Trinajstić information content (AvgIpc) is 3.19. The van der Waals surface area contributed by atoms with Crippen LogP contribution >= 0.6 is 11.6 Å². The van der Waals surface area contributed by atoms with E-state index in [1.54, 1.807) is 0 Å². The van der Waals surface area contributed by atoms with Gasteiger partial charge >= 0.3 is 0 Å². The number of aromatic nitrogens is 2. The van der Waals surface area contributed by atoms with Gasteiger partial charge in [0.15, 0.2) is 0 Å². The second-order valence-corrected chi connectivity index (χ2v) is 7.73. The molecule has 0 aliphatic carbocycles. The van der Waals surface area contributed by atoms with Crippen LogP contribution in [0.25, 0.3) is 11.3 Å². The Morgan fingerprint density at radius 2 is 1.93 bits per heavy atom. The molecule has 5 nitrogen and oxygen atoms in total. The molecule has 28 heavy (non-hydrogen) atoms. The second kappa shape index (κ2) is 6.99. The predicted molar refractivity (Wildman–Crippen MR) is 110 cm³/mol. The first kappa shape index (κ1) is 18.6. The van der Waals surface area contributed by atoms with Crippen LogP contribution in [0, 0.1) is 13.8 Å². The van der Waals surface area contributed by atoms with Gasteiger partial charge in [-0.2, -0.15) is 5.10 Å². The molecule has 2 aromatic carbocycles. The molecule has 0 bridgehead atoms. The van der Waals surface area contributed by atoms with Gasteiger partial charge in [0.1, 0.15) is 17.1 Å². The molecule has 0 saturated carbocycles. The molecule has 1 aliphatic rings. The maximum Gasteiger partial charge on any atom is 0.273 e. The Hall–Kier alpha value is -2.79. The largest absolute Gasteiger partial charge is 0.507 e. The molecule has 0 saturated heterocycles. The molecule has 1 unspecified atom stereocenters. The first-order chi connectivity index (χ1) is 13.4. The lowest BCUT2D eigenvalue weighted by molar-refractivity contribution is 0.0744. The third kappa shape index (κ3) is 2.87.